The van der Waals surface area contributed by atoms with Crippen molar-refractivity contribution in [1.82, 2.24) is 0 Å². The summed E-state index contributed by atoms with van der Waals surface area (Å²) < 4.78 is 15.2. The van der Waals surface area contributed by atoms with Gasteiger partial charge < -0.3 is 35.4 Å². The third-order valence-corrected chi connectivity index (χ3v) is 5.01. The van der Waals surface area contributed by atoms with Crippen molar-refractivity contribution < 1.29 is 23.8 Å². The predicted molar refractivity (Wildman–Crippen MR) is 196 cm³/mol. The van der Waals surface area contributed by atoms with Gasteiger partial charge in [-0.05, 0) is 49.7 Å². The largest absolute Gasteiger partial charge is 0.495 e. The van der Waals surface area contributed by atoms with Gasteiger partial charge in [-0.2, -0.15) is 0 Å². The standard InChI is InChI=1S/C10H13NO2.C10H15NO.C7H9NO.C4H8O.3C2H6/c1-3-10(12)11-8-6-4-5-7-9(8)13-2;1-3-8-11-9-6-4-5-7-10(9)12-2;1-9-7-5-3-2-4-6(7)8;1-3-4(2)5;3*1-2/h4-7H,3H2,1-2H3,(H,11,12);4-7,11H,3,8H2,1-2H3;2-5H,8H2,1H3;3H2,1-2H3;3*1-2H3. The third kappa shape index (κ3) is 26.0. The van der Waals surface area contributed by atoms with Crippen LogP contribution in [0.15, 0.2) is 72.8 Å². The summed E-state index contributed by atoms with van der Waals surface area (Å²) in [4.78, 5) is 20.9. The van der Waals surface area contributed by atoms with Crippen molar-refractivity contribution in [1.29, 1.82) is 0 Å². The van der Waals surface area contributed by atoms with Crippen LogP contribution in [0, 0.1) is 0 Å². The van der Waals surface area contributed by atoms with Crippen LogP contribution in [0.1, 0.15) is 88.5 Å². The van der Waals surface area contributed by atoms with E-state index in [0.29, 0.717) is 24.3 Å². The summed E-state index contributed by atoms with van der Waals surface area (Å²) in [6.45, 7) is 20.4. The zero-order chi connectivity index (χ0) is 35.5. The second-order valence-electron chi connectivity index (χ2n) is 8.03. The summed E-state index contributed by atoms with van der Waals surface area (Å²) in [7, 11) is 4.87. The van der Waals surface area contributed by atoms with Gasteiger partial charge in [-0.1, -0.05) is 98.7 Å². The first kappa shape index (κ1) is 47.7. The molecule has 3 aromatic carbocycles. The Morgan fingerprint density at radius 2 is 1.00 bits per heavy atom. The Morgan fingerprint density at radius 3 is 1.36 bits per heavy atom. The summed E-state index contributed by atoms with van der Waals surface area (Å²) in [6.07, 6.45) is 2.26. The Balaban J connectivity index is -0.000000244. The molecule has 256 valence electrons. The molecule has 4 N–H and O–H groups in total. The molecule has 0 aliphatic carbocycles. The lowest BCUT2D eigenvalue weighted by Crippen LogP contribution is -2.10. The molecule has 0 bridgehead atoms. The minimum atomic E-state index is -0.00972. The third-order valence-electron chi connectivity index (χ3n) is 5.01. The topological polar surface area (TPSA) is 112 Å². The van der Waals surface area contributed by atoms with E-state index in [9.17, 15) is 9.59 Å². The summed E-state index contributed by atoms with van der Waals surface area (Å²) >= 11 is 0. The van der Waals surface area contributed by atoms with Gasteiger partial charge in [0.2, 0.25) is 5.91 Å². The number of Topliss-reactive ketones (excluding diaryl/α,β-unsaturated/α-hetero) is 1. The van der Waals surface area contributed by atoms with Crippen LogP contribution in [-0.4, -0.2) is 39.6 Å². The number of nitrogen functional groups attached to an aromatic ring is 1. The number of methoxy groups -OCH3 is 3. The van der Waals surface area contributed by atoms with Gasteiger partial charge in [0.05, 0.1) is 38.4 Å². The highest BCUT2D eigenvalue weighted by Gasteiger charge is 2.03. The van der Waals surface area contributed by atoms with E-state index in [2.05, 4.69) is 17.6 Å². The van der Waals surface area contributed by atoms with Crippen LogP contribution >= 0.6 is 0 Å². The lowest BCUT2D eigenvalue weighted by molar-refractivity contribution is -0.117. The number of anilines is 3. The molecule has 0 saturated heterocycles. The average Bonchev–Trinajstić information content (AvgIpc) is 3.11. The quantitative estimate of drug-likeness (QED) is 0.202. The molecular weight excluding hydrogens is 566 g/mol. The molecule has 0 fully saturated rings. The minimum Gasteiger partial charge on any atom is -0.495 e. The predicted octanol–water partition coefficient (Wildman–Crippen LogP) is 9.90. The Bertz CT molecular complexity index is 1090. The van der Waals surface area contributed by atoms with E-state index in [-0.39, 0.29) is 11.7 Å². The first-order valence-corrected chi connectivity index (χ1v) is 15.9. The molecule has 0 aliphatic rings. The summed E-state index contributed by atoms with van der Waals surface area (Å²) in [5.41, 5.74) is 7.98. The lowest BCUT2D eigenvalue weighted by Gasteiger charge is -2.09. The number of carbonyl (C=O) groups is 2. The van der Waals surface area contributed by atoms with E-state index in [4.69, 9.17) is 19.9 Å². The smallest absolute Gasteiger partial charge is 0.224 e. The maximum Gasteiger partial charge on any atom is 0.224 e. The van der Waals surface area contributed by atoms with Crippen molar-refractivity contribution in [2.24, 2.45) is 0 Å². The van der Waals surface area contributed by atoms with Crippen molar-refractivity contribution in [3.8, 4) is 17.2 Å². The molecule has 0 heterocycles. The molecule has 0 aliphatic heterocycles. The van der Waals surface area contributed by atoms with Crippen molar-refractivity contribution in [3.05, 3.63) is 72.8 Å². The van der Waals surface area contributed by atoms with Gasteiger partial charge in [0.25, 0.3) is 0 Å². The van der Waals surface area contributed by atoms with Crippen LogP contribution in [0.4, 0.5) is 17.1 Å². The molecule has 0 spiro atoms. The van der Waals surface area contributed by atoms with E-state index < -0.39 is 0 Å². The fraction of sp³-hybridized carbons (Fsp3) is 0.459. The van der Waals surface area contributed by atoms with Crippen molar-refractivity contribution in [2.45, 2.75) is 88.5 Å². The number of para-hydroxylation sites is 6. The molecule has 8 heteroatoms. The molecule has 0 atom stereocenters. The van der Waals surface area contributed by atoms with Crippen LogP contribution in [0.2, 0.25) is 0 Å². The molecule has 3 rings (SSSR count). The summed E-state index contributed by atoms with van der Waals surface area (Å²) in [6, 6.07) is 22.7. The average molecular weight is 630 g/mol. The second kappa shape index (κ2) is 36.0. The van der Waals surface area contributed by atoms with E-state index in [1.807, 2.05) is 122 Å². The zero-order valence-electron chi connectivity index (χ0n) is 30.4. The fourth-order valence-electron chi connectivity index (χ4n) is 2.70. The lowest BCUT2D eigenvalue weighted by atomic mass is 10.3. The number of ketones is 1. The van der Waals surface area contributed by atoms with E-state index >= 15 is 0 Å². The Kier molecular flexibility index (Phi) is 38.2. The van der Waals surface area contributed by atoms with Crippen LogP contribution in [0.25, 0.3) is 0 Å². The first-order valence-electron chi connectivity index (χ1n) is 15.9. The molecular formula is C37H63N3O5. The molecule has 1 amide bonds. The fourth-order valence-corrected chi connectivity index (χ4v) is 2.70. The monoisotopic (exact) mass is 629 g/mol. The highest BCUT2D eigenvalue weighted by Crippen LogP contribution is 2.23. The second-order valence-corrected chi connectivity index (χ2v) is 8.03. The Morgan fingerprint density at radius 1 is 0.622 bits per heavy atom. The van der Waals surface area contributed by atoms with Gasteiger partial charge in [0, 0.05) is 19.4 Å². The number of benzene rings is 3. The van der Waals surface area contributed by atoms with Crippen molar-refractivity contribution in [2.75, 3.05) is 44.2 Å². The van der Waals surface area contributed by atoms with Crippen LogP contribution in [0.3, 0.4) is 0 Å². The normalized spacial score (nSPS) is 8.29. The number of amides is 1. The first-order chi connectivity index (χ1) is 21.8. The van der Waals surface area contributed by atoms with Gasteiger partial charge in [-0.25, -0.2) is 0 Å². The van der Waals surface area contributed by atoms with E-state index in [1.54, 1.807) is 34.3 Å². The number of hydrogen-bond donors (Lipinski definition) is 3. The molecule has 0 radical (unpaired) electrons. The Hall–Kier alpha value is -4.20. The van der Waals surface area contributed by atoms with Crippen LogP contribution < -0.4 is 30.6 Å². The molecule has 0 aromatic heterocycles. The molecule has 8 nitrogen and oxygen atoms in total. The number of ether oxygens (including phenoxy) is 3. The van der Waals surface area contributed by atoms with Gasteiger partial charge in [0.1, 0.15) is 23.0 Å². The van der Waals surface area contributed by atoms with Crippen LogP contribution in [-0.2, 0) is 9.59 Å². The molecule has 45 heavy (non-hydrogen) atoms. The van der Waals surface area contributed by atoms with Crippen molar-refractivity contribution in [3.63, 3.8) is 0 Å². The maximum atomic E-state index is 11.1. The number of nitrogens with one attached hydrogen (secondary N) is 2. The highest BCUT2D eigenvalue weighted by molar-refractivity contribution is 5.91. The number of rotatable bonds is 9. The van der Waals surface area contributed by atoms with Gasteiger partial charge in [-0.15, -0.1) is 0 Å². The van der Waals surface area contributed by atoms with Gasteiger partial charge >= 0.3 is 0 Å². The Labute approximate surface area is 275 Å². The van der Waals surface area contributed by atoms with Gasteiger partial charge in [0.15, 0.2) is 0 Å². The minimum absolute atomic E-state index is 0.00972. The summed E-state index contributed by atoms with van der Waals surface area (Å²) in [5, 5.41) is 6.04. The summed E-state index contributed by atoms with van der Waals surface area (Å²) in [5.74, 6) is 2.57. The molecule has 3 aromatic rings. The van der Waals surface area contributed by atoms with E-state index in [0.717, 1.165) is 35.8 Å². The number of carbonyl (C=O) groups excluding carboxylic acids is 2. The molecule has 0 saturated carbocycles. The highest BCUT2D eigenvalue weighted by atomic mass is 16.5. The van der Waals surface area contributed by atoms with Gasteiger partial charge in [-0.3, -0.25) is 4.79 Å². The zero-order valence-corrected chi connectivity index (χ0v) is 30.4. The SMILES string of the molecule is CC.CC.CC.CCC(=O)Nc1ccccc1OC.CCC(C)=O.CCCNc1ccccc1OC.COc1ccccc1N. The van der Waals surface area contributed by atoms with Crippen LogP contribution in [0.5, 0.6) is 17.2 Å². The maximum absolute atomic E-state index is 11.1. The van der Waals surface area contributed by atoms with E-state index in [1.165, 1.54) is 0 Å². The number of nitrogens with two attached hydrogens (primary N) is 1. The molecule has 0 unspecified atom stereocenters. The van der Waals surface area contributed by atoms with Crippen molar-refractivity contribution >= 4 is 28.8 Å². The number of hydrogen-bond acceptors (Lipinski definition) is 7.